The third-order valence-electron chi connectivity index (χ3n) is 5.41. The maximum Gasteiger partial charge on any atom is 0.243 e. The Labute approximate surface area is 202 Å². The first-order chi connectivity index (χ1) is 15.8. The topological polar surface area (TPSA) is 84.9 Å². The minimum absolute atomic E-state index is 0.164. The molecular formula is C22H22Cl2N4O4S. The van der Waals surface area contributed by atoms with E-state index in [1.54, 1.807) is 24.3 Å². The number of halogens is 2. The van der Waals surface area contributed by atoms with Crippen LogP contribution in [0.3, 0.4) is 0 Å². The zero-order valence-electron chi connectivity index (χ0n) is 18.0. The van der Waals surface area contributed by atoms with Crippen molar-refractivity contribution in [3.05, 3.63) is 58.6 Å². The fourth-order valence-electron chi connectivity index (χ4n) is 3.62. The largest absolute Gasteiger partial charge is 0.493 e. The van der Waals surface area contributed by atoms with Crippen molar-refractivity contribution >= 4 is 39.0 Å². The lowest BCUT2D eigenvalue weighted by atomic mass is 10.1. The Kier molecular flexibility index (Phi) is 6.94. The molecule has 0 atom stereocenters. The van der Waals surface area contributed by atoms with Gasteiger partial charge in [-0.1, -0.05) is 23.2 Å². The van der Waals surface area contributed by atoms with Crippen molar-refractivity contribution < 1.29 is 17.9 Å². The van der Waals surface area contributed by atoms with Crippen LogP contribution in [0.1, 0.15) is 0 Å². The van der Waals surface area contributed by atoms with Gasteiger partial charge >= 0.3 is 0 Å². The zero-order chi connectivity index (χ0) is 23.6. The highest BCUT2D eigenvalue weighted by molar-refractivity contribution is 7.89. The van der Waals surface area contributed by atoms with E-state index in [-0.39, 0.29) is 4.90 Å². The molecule has 1 saturated heterocycles. The summed E-state index contributed by atoms with van der Waals surface area (Å²) in [6, 6.07) is 13.5. The minimum atomic E-state index is -3.67. The molecule has 0 radical (unpaired) electrons. The lowest BCUT2D eigenvalue weighted by Gasteiger charge is -2.34. The second-order valence-electron chi connectivity index (χ2n) is 7.31. The van der Waals surface area contributed by atoms with Crippen LogP contribution in [0.2, 0.25) is 10.0 Å². The number of sulfonamides is 1. The first kappa shape index (κ1) is 23.6. The van der Waals surface area contributed by atoms with Gasteiger partial charge in [-0.3, -0.25) is 0 Å². The molecule has 0 N–H and O–H groups in total. The van der Waals surface area contributed by atoms with Gasteiger partial charge in [0.1, 0.15) is 0 Å². The average Bonchev–Trinajstić information content (AvgIpc) is 2.84. The Morgan fingerprint density at radius 2 is 1.58 bits per heavy atom. The second kappa shape index (κ2) is 9.72. The van der Waals surface area contributed by atoms with Crippen LogP contribution in [-0.4, -0.2) is 63.3 Å². The summed E-state index contributed by atoms with van der Waals surface area (Å²) in [5.74, 6) is 1.52. The van der Waals surface area contributed by atoms with E-state index in [2.05, 4.69) is 10.2 Å². The van der Waals surface area contributed by atoms with Crippen LogP contribution >= 0.6 is 23.2 Å². The Hall–Kier alpha value is -2.59. The van der Waals surface area contributed by atoms with Crippen LogP contribution in [0.25, 0.3) is 11.3 Å². The number of benzene rings is 2. The fraction of sp³-hybridized carbons (Fsp3) is 0.273. The molecule has 11 heteroatoms. The van der Waals surface area contributed by atoms with Gasteiger partial charge in [0, 0.05) is 42.8 Å². The number of anilines is 1. The number of piperazine rings is 1. The third-order valence-corrected chi connectivity index (χ3v) is 7.86. The summed E-state index contributed by atoms with van der Waals surface area (Å²) in [7, 11) is -0.690. The van der Waals surface area contributed by atoms with Gasteiger partial charge in [0.25, 0.3) is 0 Å². The summed E-state index contributed by atoms with van der Waals surface area (Å²) >= 11 is 12.2. The standard InChI is InChI=1S/C22H22Cl2N4O4S/c1-31-20-7-4-16(14-21(20)32-2)33(29,30)28-11-9-27(10-12-28)22-8-6-19(25-26-22)17-5-3-15(23)13-18(17)24/h3-8,13-14H,9-12H2,1-2H3. The van der Waals surface area contributed by atoms with Crippen LogP contribution in [0.15, 0.2) is 53.4 Å². The van der Waals surface area contributed by atoms with Gasteiger partial charge in [0.2, 0.25) is 10.0 Å². The Bertz CT molecular complexity index is 1250. The maximum absolute atomic E-state index is 13.1. The Balaban J connectivity index is 1.45. The SMILES string of the molecule is COc1ccc(S(=O)(=O)N2CCN(c3ccc(-c4ccc(Cl)cc4Cl)nn3)CC2)cc1OC. The molecule has 174 valence electrons. The number of ether oxygens (including phenoxy) is 2. The van der Waals surface area contributed by atoms with E-state index in [0.29, 0.717) is 59.2 Å². The number of rotatable bonds is 6. The van der Waals surface area contributed by atoms with Crippen molar-refractivity contribution in [2.75, 3.05) is 45.3 Å². The van der Waals surface area contributed by atoms with Crippen molar-refractivity contribution in [2.24, 2.45) is 0 Å². The maximum atomic E-state index is 13.1. The number of nitrogens with zero attached hydrogens (tertiary/aromatic N) is 4. The molecule has 0 unspecified atom stereocenters. The number of hydrogen-bond acceptors (Lipinski definition) is 7. The third kappa shape index (κ3) is 4.86. The monoisotopic (exact) mass is 508 g/mol. The minimum Gasteiger partial charge on any atom is -0.493 e. The molecule has 1 aromatic heterocycles. The van der Waals surface area contributed by atoms with Crippen LogP contribution in [0.5, 0.6) is 11.5 Å². The Morgan fingerprint density at radius 3 is 2.18 bits per heavy atom. The van der Waals surface area contributed by atoms with Crippen LogP contribution < -0.4 is 14.4 Å². The van der Waals surface area contributed by atoms with E-state index < -0.39 is 10.0 Å². The van der Waals surface area contributed by atoms with Crippen molar-refractivity contribution in [3.8, 4) is 22.8 Å². The average molecular weight is 509 g/mol. The first-order valence-corrected chi connectivity index (χ1v) is 12.3. The van der Waals surface area contributed by atoms with E-state index in [4.69, 9.17) is 32.7 Å². The molecule has 0 spiro atoms. The molecule has 0 aliphatic carbocycles. The van der Waals surface area contributed by atoms with Crippen molar-refractivity contribution in [3.63, 3.8) is 0 Å². The molecule has 0 saturated carbocycles. The van der Waals surface area contributed by atoms with Crippen molar-refractivity contribution in [1.29, 1.82) is 0 Å². The van der Waals surface area contributed by atoms with Gasteiger partial charge in [-0.15, -0.1) is 10.2 Å². The number of methoxy groups -OCH3 is 2. The molecule has 33 heavy (non-hydrogen) atoms. The summed E-state index contributed by atoms with van der Waals surface area (Å²) < 4.78 is 38.1. The second-order valence-corrected chi connectivity index (χ2v) is 10.1. The first-order valence-electron chi connectivity index (χ1n) is 10.1. The molecule has 4 rings (SSSR count). The Morgan fingerprint density at radius 1 is 0.848 bits per heavy atom. The lowest BCUT2D eigenvalue weighted by Crippen LogP contribution is -2.49. The van der Waals surface area contributed by atoms with Gasteiger partial charge in [0.05, 0.1) is 29.8 Å². The lowest BCUT2D eigenvalue weighted by molar-refractivity contribution is 0.353. The number of hydrogen-bond donors (Lipinski definition) is 0. The van der Waals surface area contributed by atoms with Gasteiger partial charge in [-0.25, -0.2) is 8.42 Å². The van der Waals surface area contributed by atoms with E-state index in [1.165, 1.54) is 30.7 Å². The fourth-order valence-corrected chi connectivity index (χ4v) is 5.56. The smallest absolute Gasteiger partial charge is 0.243 e. The molecule has 2 heterocycles. The van der Waals surface area contributed by atoms with Crippen LogP contribution in [-0.2, 0) is 10.0 Å². The van der Waals surface area contributed by atoms with Crippen molar-refractivity contribution in [1.82, 2.24) is 14.5 Å². The number of aromatic nitrogens is 2. The molecule has 1 aliphatic rings. The summed E-state index contributed by atoms with van der Waals surface area (Å²) in [6.07, 6.45) is 0. The highest BCUT2D eigenvalue weighted by atomic mass is 35.5. The van der Waals surface area contributed by atoms with E-state index >= 15 is 0 Å². The normalized spacial score (nSPS) is 14.8. The molecule has 0 amide bonds. The highest BCUT2D eigenvalue weighted by Gasteiger charge is 2.30. The molecule has 0 bridgehead atoms. The molecule has 8 nitrogen and oxygen atoms in total. The summed E-state index contributed by atoms with van der Waals surface area (Å²) in [5, 5.41) is 9.65. The van der Waals surface area contributed by atoms with E-state index in [1.807, 2.05) is 17.0 Å². The van der Waals surface area contributed by atoms with Gasteiger partial charge in [-0.2, -0.15) is 4.31 Å². The van der Waals surface area contributed by atoms with Crippen LogP contribution in [0.4, 0.5) is 5.82 Å². The predicted molar refractivity (Wildman–Crippen MR) is 128 cm³/mol. The zero-order valence-corrected chi connectivity index (χ0v) is 20.4. The molecule has 1 aliphatic heterocycles. The van der Waals surface area contributed by atoms with Crippen LogP contribution in [0, 0.1) is 0 Å². The van der Waals surface area contributed by atoms with Crippen molar-refractivity contribution in [2.45, 2.75) is 4.90 Å². The van der Waals surface area contributed by atoms with E-state index in [9.17, 15) is 8.42 Å². The highest BCUT2D eigenvalue weighted by Crippen LogP contribution is 2.32. The molecule has 1 fully saturated rings. The summed E-state index contributed by atoms with van der Waals surface area (Å²) in [6.45, 7) is 1.62. The van der Waals surface area contributed by atoms with Gasteiger partial charge in [0.15, 0.2) is 17.3 Å². The molecule has 2 aromatic carbocycles. The predicted octanol–water partition coefficient (Wildman–Crippen LogP) is 3.98. The quantitative estimate of drug-likeness (QED) is 0.497. The summed E-state index contributed by atoms with van der Waals surface area (Å²) in [4.78, 5) is 2.17. The summed E-state index contributed by atoms with van der Waals surface area (Å²) in [5.41, 5.74) is 1.38. The van der Waals surface area contributed by atoms with E-state index in [0.717, 1.165) is 5.56 Å². The van der Waals surface area contributed by atoms with Gasteiger partial charge < -0.3 is 14.4 Å². The van der Waals surface area contributed by atoms with Gasteiger partial charge in [-0.05, 0) is 42.5 Å². The molecular weight excluding hydrogens is 487 g/mol. The molecule has 3 aromatic rings.